The number of halogens is 2. The summed E-state index contributed by atoms with van der Waals surface area (Å²) in [6.45, 7) is 13.6. The minimum absolute atomic E-state index is 0.0334. The number of hydrogen-bond donors (Lipinski definition) is 7. The summed E-state index contributed by atoms with van der Waals surface area (Å²) in [4.78, 5) is 69.6. The van der Waals surface area contributed by atoms with Crippen molar-refractivity contribution in [1.29, 1.82) is 0 Å². The van der Waals surface area contributed by atoms with Gasteiger partial charge in [-0.2, -0.15) is 16.7 Å². The molecule has 3 aliphatic rings. The van der Waals surface area contributed by atoms with Crippen LogP contribution in [0.15, 0.2) is 60.3 Å². The molecule has 3 aromatic rings. The first kappa shape index (κ1) is 53.3. The average Bonchev–Trinajstić information content (AvgIpc) is 3.76. The van der Waals surface area contributed by atoms with Crippen LogP contribution in [0.1, 0.15) is 86.6 Å². The van der Waals surface area contributed by atoms with E-state index in [0.29, 0.717) is 64.3 Å². The number of carbonyl (C=O) groups excluding carboxylic acids is 4. The highest BCUT2D eigenvalue weighted by Crippen LogP contribution is 2.42. The van der Waals surface area contributed by atoms with Gasteiger partial charge in [0.25, 0.3) is 11.8 Å². The zero-order valence-electron chi connectivity index (χ0n) is 40.3. The van der Waals surface area contributed by atoms with Gasteiger partial charge in [0.15, 0.2) is 5.67 Å². The molecule has 2 aliphatic carbocycles. The third kappa shape index (κ3) is 14.3. The lowest BCUT2D eigenvalue weighted by atomic mass is 9.83. The Labute approximate surface area is 417 Å². The predicted octanol–water partition coefficient (Wildman–Crippen LogP) is 6.61. The lowest BCUT2D eigenvalue weighted by Crippen LogP contribution is -2.61. The second-order valence-corrected chi connectivity index (χ2v) is 21.4. The number of carbonyl (C=O) groups is 4. The van der Waals surface area contributed by atoms with Crippen molar-refractivity contribution >= 4 is 81.4 Å². The highest BCUT2D eigenvalue weighted by Gasteiger charge is 2.54. The van der Waals surface area contributed by atoms with Gasteiger partial charge in [0.1, 0.15) is 28.7 Å². The minimum Gasteiger partial charge on any atom is -0.495 e. The molecule has 7 N–H and O–H groups in total. The van der Waals surface area contributed by atoms with Crippen molar-refractivity contribution in [3.63, 3.8) is 0 Å². The number of amides is 4. The monoisotopic (exact) mass is 1010 g/mol. The van der Waals surface area contributed by atoms with E-state index < -0.39 is 46.3 Å². The van der Waals surface area contributed by atoms with Crippen LogP contribution in [0.4, 0.5) is 21.8 Å². The Hall–Kier alpha value is -5.08. The standard InChI is InChI=1S/C49H66ClFN10O6S2/c1-8-33(40-30(3)57-28-68-40)14-9-29(2)23-55-44(64)38-22-35(62)26-61(38)45(65)41(59-46(66)49(51)17-18-49)48(4,5)69-27-32-12-10-31(11-13-32)24-53-19-20-54-43(63)34-15-16-37(39(21-34)67-7)58-47-56-25-36(50)42(52-6)60-47/h8-9,14-16,21,25,28,31-32,35,38,41,53,62H,2,10-13,17-20,22-24,26-27H2,1,3-7H3,(H,54,63)(H,55,64)(H,59,66)(H2,52,56,58,60)/b14-9-,33-8+/t31-,32-,35-,38?,41+/m0/s1. The van der Waals surface area contributed by atoms with Crippen LogP contribution in [0.3, 0.4) is 0 Å². The number of aliphatic hydroxyl groups excluding tert-OH is 1. The first-order chi connectivity index (χ1) is 32.9. The number of aromatic nitrogens is 3. The Kier molecular flexibility index (Phi) is 18.7. The number of ether oxygens (including phenoxy) is 1. The molecule has 0 spiro atoms. The normalized spacial score (nSPS) is 20.5. The van der Waals surface area contributed by atoms with Crippen LogP contribution in [-0.2, 0) is 14.4 Å². The molecule has 6 rings (SSSR count). The van der Waals surface area contributed by atoms with Gasteiger partial charge in [0, 0.05) is 50.0 Å². The summed E-state index contributed by atoms with van der Waals surface area (Å²) in [5, 5.41) is 29.2. The number of hydrogen-bond acceptors (Lipinski definition) is 14. The van der Waals surface area contributed by atoms with E-state index in [4.69, 9.17) is 16.3 Å². The quantitative estimate of drug-likeness (QED) is 0.0395. The fourth-order valence-electron chi connectivity index (χ4n) is 8.42. The topological polar surface area (TPSA) is 212 Å². The minimum atomic E-state index is -2.01. The fourth-order valence-corrected chi connectivity index (χ4v) is 10.8. The van der Waals surface area contributed by atoms with Crippen molar-refractivity contribution in [2.24, 2.45) is 11.8 Å². The van der Waals surface area contributed by atoms with Crippen molar-refractivity contribution in [2.75, 3.05) is 63.3 Å². The van der Waals surface area contributed by atoms with Crippen molar-refractivity contribution in [3.05, 3.63) is 81.4 Å². The number of methoxy groups -OCH3 is 1. The van der Waals surface area contributed by atoms with Gasteiger partial charge < -0.3 is 46.6 Å². The number of thioether (sulfide) groups is 1. The molecule has 3 fully saturated rings. The van der Waals surface area contributed by atoms with Crippen LogP contribution < -0.4 is 36.6 Å². The lowest BCUT2D eigenvalue weighted by Gasteiger charge is -2.38. The molecule has 4 amide bonds. The van der Waals surface area contributed by atoms with E-state index in [2.05, 4.69) is 53.4 Å². The third-order valence-electron chi connectivity index (χ3n) is 12.9. The maximum absolute atomic E-state index is 15.1. The van der Waals surface area contributed by atoms with E-state index in [1.165, 1.54) is 18.2 Å². The number of aryl methyl sites for hydroxylation is 1. The average molecular weight is 1010 g/mol. The van der Waals surface area contributed by atoms with Crippen LogP contribution in [0.5, 0.6) is 5.75 Å². The molecule has 0 bridgehead atoms. The lowest BCUT2D eigenvalue weighted by molar-refractivity contribution is -0.143. The first-order valence-corrected chi connectivity index (χ1v) is 25.7. The Morgan fingerprint density at radius 2 is 1.86 bits per heavy atom. The van der Waals surface area contributed by atoms with Gasteiger partial charge in [-0.1, -0.05) is 36.4 Å². The number of thiazole rings is 1. The van der Waals surface area contributed by atoms with Gasteiger partial charge in [-0.15, -0.1) is 11.3 Å². The molecular weight excluding hydrogens is 943 g/mol. The van der Waals surface area contributed by atoms with E-state index in [1.54, 1.807) is 53.9 Å². The predicted molar refractivity (Wildman–Crippen MR) is 273 cm³/mol. The first-order valence-electron chi connectivity index (χ1n) is 23.4. The summed E-state index contributed by atoms with van der Waals surface area (Å²) in [5.74, 6) is 0.802. The largest absolute Gasteiger partial charge is 0.495 e. The van der Waals surface area contributed by atoms with E-state index in [-0.39, 0.29) is 38.3 Å². The second kappa shape index (κ2) is 24.2. The summed E-state index contributed by atoms with van der Waals surface area (Å²) < 4.78 is 19.8. The summed E-state index contributed by atoms with van der Waals surface area (Å²) in [6, 6.07) is 2.96. The Balaban J connectivity index is 0.950. The van der Waals surface area contributed by atoms with Crippen LogP contribution >= 0.6 is 34.7 Å². The molecule has 374 valence electrons. The van der Waals surface area contributed by atoms with Gasteiger partial charge in [0.2, 0.25) is 17.8 Å². The summed E-state index contributed by atoms with van der Waals surface area (Å²) in [5.41, 5.74) is 3.37. The summed E-state index contributed by atoms with van der Waals surface area (Å²) >= 11 is 9.21. The molecule has 3 atom stereocenters. The molecule has 2 aromatic heterocycles. The molecule has 1 saturated heterocycles. The van der Waals surface area contributed by atoms with Crippen molar-refractivity contribution in [3.8, 4) is 5.75 Å². The Morgan fingerprint density at radius 1 is 1.12 bits per heavy atom. The number of likely N-dealkylation sites (tertiary alicyclic amines) is 1. The number of rotatable bonds is 23. The zero-order valence-corrected chi connectivity index (χ0v) is 42.6. The number of aliphatic hydroxyl groups is 1. The Bertz CT molecular complexity index is 2390. The van der Waals surface area contributed by atoms with Crippen LogP contribution in [-0.4, -0.2) is 130 Å². The van der Waals surface area contributed by atoms with Gasteiger partial charge in [0.05, 0.1) is 41.2 Å². The van der Waals surface area contributed by atoms with Crippen LogP contribution in [0, 0.1) is 18.8 Å². The number of β-amino-alcohol motifs (C(OH)–C–C–N with tert-alkyl or cyclic N) is 1. The SMILES string of the molecule is C=C(/C=C\C(=C/C)c1scnc1C)CNC(=O)C1C[C@H](O)CN1C(=O)[C@@H](NC(=O)C1(F)CC1)C(C)(C)SC[C@H]1CC[C@H](CNCCNC(=O)c2ccc(Nc3ncc(Cl)c(NC)n3)c(OC)c2)CC1. The number of benzene rings is 1. The molecule has 1 unspecified atom stereocenters. The zero-order chi connectivity index (χ0) is 49.9. The molecule has 69 heavy (non-hydrogen) atoms. The fraction of sp³-hybridized carbons (Fsp3) is 0.531. The molecule has 1 aromatic carbocycles. The molecule has 3 heterocycles. The van der Waals surface area contributed by atoms with Crippen LogP contribution in [0.2, 0.25) is 5.02 Å². The highest BCUT2D eigenvalue weighted by molar-refractivity contribution is 8.00. The van der Waals surface area contributed by atoms with Crippen molar-refractivity contribution < 1.29 is 33.4 Å². The molecule has 16 nitrogen and oxygen atoms in total. The van der Waals surface area contributed by atoms with E-state index in [1.807, 2.05) is 45.9 Å². The number of nitrogens with one attached hydrogen (secondary N) is 6. The smallest absolute Gasteiger partial charge is 0.258 e. The number of allylic oxidation sites excluding steroid dienone is 3. The second-order valence-electron chi connectivity index (χ2n) is 18.4. The van der Waals surface area contributed by atoms with Gasteiger partial charge >= 0.3 is 0 Å². The summed E-state index contributed by atoms with van der Waals surface area (Å²) in [7, 11) is 3.23. The molecule has 20 heteroatoms. The van der Waals surface area contributed by atoms with E-state index in [0.717, 1.165) is 54.1 Å². The number of anilines is 3. The highest BCUT2D eigenvalue weighted by atomic mass is 35.5. The van der Waals surface area contributed by atoms with Gasteiger partial charge in [-0.25, -0.2) is 14.4 Å². The van der Waals surface area contributed by atoms with Gasteiger partial charge in [-0.3, -0.25) is 19.2 Å². The third-order valence-corrected chi connectivity index (χ3v) is 15.7. The number of alkyl halides is 1. The van der Waals surface area contributed by atoms with E-state index in [9.17, 15) is 24.3 Å². The molecule has 1 aliphatic heterocycles. The summed E-state index contributed by atoms with van der Waals surface area (Å²) in [6.07, 6.45) is 10.5. The van der Waals surface area contributed by atoms with Gasteiger partial charge in [-0.05, 0) is 120 Å². The maximum Gasteiger partial charge on any atom is 0.258 e. The molecular formula is C49H66ClFN10O6S2. The van der Waals surface area contributed by atoms with E-state index >= 15 is 4.39 Å². The molecule has 2 saturated carbocycles. The van der Waals surface area contributed by atoms with Crippen molar-refractivity contribution in [2.45, 2.75) is 101 Å². The van der Waals surface area contributed by atoms with Crippen molar-refractivity contribution in [1.82, 2.24) is 41.1 Å². The molecule has 0 radical (unpaired) electrons. The number of nitrogens with zero attached hydrogens (tertiary/aromatic N) is 4. The Morgan fingerprint density at radius 3 is 2.52 bits per heavy atom. The maximum atomic E-state index is 15.1. The van der Waals surface area contributed by atoms with Crippen LogP contribution in [0.25, 0.3) is 5.57 Å².